The van der Waals surface area contributed by atoms with Crippen molar-refractivity contribution in [2.45, 2.75) is 11.8 Å². The van der Waals surface area contributed by atoms with Gasteiger partial charge in [0.05, 0.1) is 10.8 Å². The standard InChI is InChI=1S/C10H11ClO5S/c1-7(10(12)13)6-16-8-2-4-9(5-3-8)17(11,14)15/h2-5,7H,6H2,1H3,(H,12,13). The van der Waals surface area contributed by atoms with E-state index in [1.54, 1.807) is 0 Å². The molecular weight excluding hydrogens is 268 g/mol. The Morgan fingerprint density at radius 2 is 1.94 bits per heavy atom. The van der Waals surface area contributed by atoms with Crippen molar-refractivity contribution in [1.29, 1.82) is 0 Å². The number of hydrogen-bond donors (Lipinski definition) is 1. The van der Waals surface area contributed by atoms with Crippen LogP contribution in [0.25, 0.3) is 0 Å². The molecule has 0 bridgehead atoms. The SMILES string of the molecule is CC(COc1ccc(S(=O)(=O)Cl)cc1)C(=O)O. The molecule has 0 fully saturated rings. The minimum absolute atomic E-state index is 0.0162. The second-order valence-electron chi connectivity index (χ2n) is 3.46. The summed E-state index contributed by atoms with van der Waals surface area (Å²) < 4.78 is 27.1. The average molecular weight is 279 g/mol. The van der Waals surface area contributed by atoms with E-state index in [-0.39, 0.29) is 11.5 Å². The number of hydrogen-bond acceptors (Lipinski definition) is 4. The first-order chi connectivity index (χ1) is 7.80. The highest BCUT2D eigenvalue weighted by Gasteiger charge is 2.12. The Balaban J connectivity index is 2.67. The number of carboxylic acids is 1. The maximum Gasteiger partial charge on any atom is 0.309 e. The lowest BCUT2D eigenvalue weighted by molar-refractivity contribution is -0.142. The van der Waals surface area contributed by atoms with Crippen LogP contribution >= 0.6 is 10.7 Å². The van der Waals surface area contributed by atoms with E-state index >= 15 is 0 Å². The van der Waals surface area contributed by atoms with Crippen LogP contribution in [0, 0.1) is 5.92 Å². The van der Waals surface area contributed by atoms with Gasteiger partial charge in [-0.2, -0.15) is 0 Å². The van der Waals surface area contributed by atoms with Gasteiger partial charge in [0, 0.05) is 10.7 Å². The van der Waals surface area contributed by atoms with Gasteiger partial charge >= 0.3 is 5.97 Å². The first-order valence-electron chi connectivity index (χ1n) is 4.71. The van der Waals surface area contributed by atoms with Crippen LogP contribution in [-0.4, -0.2) is 26.1 Å². The second kappa shape index (κ2) is 5.37. The zero-order valence-corrected chi connectivity index (χ0v) is 10.5. The summed E-state index contributed by atoms with van der Waals surface area (Å²) in [6, 6.07) is 5.43. The molecule has 1 aromatic carbocycles. The first-order valence-corrected chi connectivity index (χ1v) is 7.02. The molecular formula is C10H11ClO5S. The van der Waals surface area contributed by atoms with E-state index < -0.39 is 20.9 Å². The van der Waals surface area contributed by atoms with Gasteiger partial charge in [-0.05, 0) is 31.2 Å². The van der Waals surface area contributed by atoms with E-state index in [0.717, 1.165) is 0 Å². The number of carboxylic acid groups (broad SMARTS) is 1. The smallest absolute Gasteiger partial charge is 0.309 e. The molecule has 0 spiro atoms. The van der Waals surface area contributed by atoms with Crippen LogP contribution in [0.3, 0.4) is 0 Å². The first kappa shape index (κ1) is 13.8. The summed E-state index contributed by atoms with van der Waals surface area (Å²) >= 11 is 0. The molecule has 7 heteroatoms. The van der Waals surface area contributed by atoms with Crippen LogP contribution < -0.4 is 4.74 Å². The van der Waals surface area contributed by atoms with Crippen LogP contribution in [0.5, 0.6) is 5.75 Å². The molecule has 94 valence electrons. The van der Waals surface area contributed by atoms with Crippen LogP contribution in [0.2, 0.25) is 0 Å². The molecule has 0 heterocycles. The molecule has 17 heavy (non-hydrogen) atoms. The number of rotatable bonds is 5. The summed E-state index contributed by atoms with van der Waals surface area (Å²) in [4.78, 5) is 10.5. The predicted molar refractivity (Wildman–Crippen MR) is 61.8 cm³/mol. The average Bonchev–Trinajstić information content (AvgIpc) is 2.25. The summed E-state index contributed by atoms with van der Waals surface area (Å²) in [7, 11) is 1.39. The lowest BCUT2D eigenvalue weighted by Crippen LogP contribution is -2.17. The van der Waals surface area contributed by atoms with Gasteiger partial charge in [0.2, 0.25) is 0 Å². The van der Waals surface area contributed by atoms with Gasteiger partial charge in [-0.3, -0.25) is 4.79 Å². The number of ether oxygens (including phenoxy) is 1. The maximum atomic E-state index is 10.9. The monoisotopic (exact) mass is 278 g/mol. The highest BCUT2D eigenvalue weighted by Crippen LogP contribution is 2.19. The third-order valence-electron chi connectivity index (χ3n) is 2.03. The summed E-state index contributed by atoms with van der Waals surface area (Å²) in [6.45, 7) is 1.53. The largest absolute Gasteiger partial charge is 0.493 e. The van der Waals surface area contributed by atoms with Crippen molar-refractivity contribution in [2.75, 3.05) is 6.61 Å². The van der Waals surface area contributed by atoms with Gasteiger partial charge in [-0.15, -0.1) is 0 Å². The number of aliphatic carboxylic acids is 1. The van der Waals surface area contributed by atoms with Gasteiger partial charge in [-0.25, -0.2) is 8.42 Å². The molecule has 0 amide bonds. The van der Waals surface area contributed by atoms with Gasteiger partial charge in [0.25, 0.3) is 9.05 Å². The topological polar surface area (TPSA) is 80.7 Å². The fourth-order valence-corrected chi connectivity index (χ4v) is 1.76. The Kier molecular flexibility index (Phi) is 4.36. The van der Waals surface area contributed by atoms with Crippen LogP contribution in [0.1, 0.15) is 6.92 Å². The quantitative estimate of drug-likeness (QED) is 0.830. The molecule has 5 nitrogen and oxygen atoms in total. The number of carbonyl (C=O) groups is 1. The van der Waals surface area contributed by atoms with E-state index in [9.17, 15) is 13.2 Å². The Morgan fingerprint density at radius 3 is 2.35 bits per heavy atom. The molecule has 0 aliphatic rings. The van der Waals surface area contributed by atoms with Crippen molar-refractivity contribution in [3.05, 3.63) is 24.3 Å². The predicted octanol–water partition coefficient (Wildman–Crippen LogP) is 1.71. The zero-order chi connectivity index (χ0) is 13.1. The molecule has 0 aromatic heterocycles. The molecule has 1 N–H and O–H groups in total. The van der Waals surface area contributed by atoms with Gasteiger partial charge < -0.3 is 9.84 Å². The van der Waals surface area contributed by atoms with Gasteiger partial charge in [0.15, 0.2) is 0 Å². The minimum atomic E-state index is -3.74. The van der Waals surface area contributed by atoms with Crippen molar-refractivity contribution in [3.8, 4) is 5.75 Å². The number of halogens is 1. The fourth-order valence-electron chi connectivity index (χ4n) is 0.991. The summed E-state index contributed by atoms with van der Waals surface area (Å²) in [5.41, 5.74) is 0. The van der Waals surface area contributed by atoms with Crippen molar-refractivity contribution < 1.29 is 23.1 Å². The van der Waals surface area contributed by atoms with E-state index in [1.165, 1.54) is 31.2 Å². The number of benzene rings is 1. The highest BCUT2D eigenvalue weighted by molar-refractivity contribution is 8.13. The van der Waals surface area contributed by atoms with Crippen LogP contribution in [0.4, 0.5) is 0 Å². The fraction of sp³-hybridized carbons (Fsp3) is 0.300. The lowest BCUT2D eigenvalue weighted by Gasteiger charge is -2.09. The summed E-state index contributed by atoms with van der Waals surface area (Å²) in [6.07, 6.45) is 0. The Bertz CT molecular complexity index is 494. The van der Waals surface area contributed by atoms with E-state index in [2.05, 4.69) is 0 Å². The van der Waals surface area contributed by atoms with Crippen LogP contribution in [0.15, 0.2) is 29.2 Å². The molecule has 0 saturated carbocycles. The molecule has 1 unspecified atom stereocenters. The molecule has 0 saturated heterocycles. The Labute approximate surface area is 103 Å². The summed E-state index contributed by atoms with van der Waals surface area (Å²) in [5, 5.41) is 8.63. The van der Waals surface area contributed by atoms with Crippen LogP contribution in [-0.2, 0) is 13.8 Å². The van der Waals surface area contributed by atoms with E-state index in [0.29, 0.717) is 5.75 Å². The van der Waals surface area contributed by atoms with Crippen molar-refractivity contribution in [1.82, 2.24) is 0 Å². The second-order valence-corrected chi connectivity index (χ2v) is 6.03. The Hall–Kier alpha value is -1.27. The van der Waals surface area contributed by atoms with Crippen molar-refractivity contribution in [3.63, 3.8) is 0 Å². The van der Waals surface area contributed by atoms with Crippen molar-refractivity contribution >= 4 is 25.7 Å². The molecule has 0 radical (unpaired) electrons. The zero-order valence-electron chi connectivity index (χ0n) is 8.96. The molecule has 1 atom stereocenters. The third-order valence-corrected chi connectivity index (χ3v) is 3.40. The van der Waals surface area contributed by atoms with E-state index in [4.69, 9.17) is 20.5 Å². The third kappa shape index (κ3) is 4.24. The summed E-state index contributed by atoms with van der Waals surface area (Å²) in [5.74, 6) is -1.20. The van der Waals surface area contributed by atoms with E-state index in [1.807, 2.05) is 0 Å². The van der Waals surface area contributed by atoms with Crippen molar-refractivity contribution in [2.24, 2.45) is 5.92 Å². The molecule has 0 aliphatic carbocycles. The lowest BCUT2D eigenvalue weighted by atomic mass is 10.2. The molecule has 1 rings (SSSR count). The molecule has 0 aliphatic heterocycles. The molecule has 1 aromatic rings. The Morgan fingerprint density at radius 1 is 1.41 bits per heavy atom. The minimum Gasteiger partial charge on any atom is -0.493 e. The van der Waals surface area contributed by atoms with Gasteiger partial charge in [0.1, 0.15) is 12.4 Å². The van der Waals surface area contributed by atoms with Gasteiger partial charge in [-0.1, -0.05) is 0 Å². The highest BCUT2D eigenvalue weighted by atomic mass is 35.7. The maximum absolute atomic E-state index is 10.9. The normalized spacial score (nSPS) is 13.1.